The van der Waals surface area contributed by atoms with Crippen LogP contribution in [0.15, 0.2) is 18.3 Å². The largest absolute Gasteiger partial charge is 0.475 e. The number of hydrogen-bond acceptors (Lipinski definition) is 5. The number of carbonyl (C=O) groups excluding carboxylic acids is 1. The van der Waals surface area contributed by atoms with Crippen LogP contribution in [0.2, 0.25) is 0 Å². The zero-order valence-corrected chi connectivity index (χ0v) is 13.7. The first-order valence-electron chi connectivity index (χ1n) is 8.28. The summed E-state index contributed by atoms with van der Waals surface area (Å²) in [5.74, 6) is 0.429. The molecule has 1 aromatic rings. The van der Waals surface area contributed by atoms with Gasteiger partial charge in [0.25, 0.3) is 5.91 Å². The van der Waals surface area contributed by atoms with Crippen LogP contribution in [-0.4, -0.2) is 48.5 Å². The Morgan fingerprint density at radius 2 is 2.04 bits per heavy atom. The molecule has 0 radical (unpaired) electrons. The van der Waals surface area contributed by atoms with Gasteiger partial charge in [0.2, 0.25) is 5.88 Å². The molecule has 1 saturated carbocycles. The summed E-state index contributed by atoms with van der Waals surface area (Å²) in [7, 11) is 0. The standard InChI is InChI=1S/C17H24N2O4/c1-11(2)23-16-6-3-12(10-18-16)17(20)19-13-4-5-14-15(9-13)22-8-7-21-14/h3,6,10-11,13-15H,4-5,7-9H2,1-2H3,(H,19,20). The summed E-state index contributed by atoms with van der Waals surface area (Å²) in [5.41, 5.74) is 0.545. The fourth-order valence-corrected chi connectivity index (χ4v) is 3.09. The summed E-state index contributed by atoms with van der Waals surface area (Å²) in [6, 6.07) is 3.59. The van der Waals surface area contributed by atoms with Crippen LogP contribution in [0.1, 0.15) is 43.5 Å². The number of rotatable bonds is 4. The van der Waals surface area contributed by atoms with Crippen molar-refractivity contribution in [1.82, 2.24) is 10.3 Å². The second kappa shape index (κ2) is 7.27. The molecular formula is C17H24N2O4. The molecule has 1 aromatic heterocycles. The van der Waals surface area contributed by atoms with Crippen molar-refractivity contribution in [2.24, 2.45) is 0 Å². The van der Waals surface area contributed by atoms with Crippen molar-refractivity contribution in [3.63, 3.8) is 0 Å². The topological polar surface area (TPSA) is 69.7 Å². The predicted octanol–water partition coefficient (Wildman–Crippen LogP) is 1.94. The fraction of sp³-hybridized carbons (Fsp3) is 0.647. The van der Waals surface area contributed by atoms with E-state index in [9.17, 15) is 4.79 Å². The van der Waals surface area contributed by atoms with E-state index in [2.05, 4.69) is 10.3 Å². The van der Waals surface area contributed by atoms with E-state index in [-0.39, 0.29) is 30.3 Å². The van der Waals surface area contributed by atoms with Gasteiger partial charge in [-0.1, -0.05) is 0 Å². The lowest BCUT2D eigenvalue weighted by atomic mass is 9.89. The van der Waals surface area contributed by atoms with Gasteiger partial charge in [-0.25, -0.2) is 4.98 Å². The molecule has 126 valence electrons. The highest BCUT2D eigenvalue weighted by Crippen LogP contribution is 2.27. The molecule has 1 aliphatic heterocycles. The highest BCUT2D eigenvalue weighted by molar-refractivity contribution is 5.94. The number of nitrogens with one attached hydrogen (secondary N) is 1. The van der Waals surface area contributed by atoms with Crippen molar-refractivity contribution in [3.8, 4) is 5.88 Å². The van der Waals surface area contributed by atoms with Crippen molar-refractivity contribution in [2.45, 2.75) is 57.5 Å². The Labute approximate surface area is 136 Å². The Morgan fingerprint density at radius 3 is 2.74 bits per heavy atom. The van der Waals surface area contributed by atoms with E-state index >= 15 is 0 Å². The third-order valence-corrected chi connectivity index (χ3v) is 4.17. The normalized spacial score (nSPS) is 27.3. The Kier molecular flexibility index (Phi) is 5.13. The molecule has 2 aliphatic rings. The van der Waals surface area contributed by atoms with Crippen LogP contribution in [0, 0.1) is 0 Å². The average molecular weight is 320 g/mol. The molecule has 2 fully saturated rings. The maximum absolute atomic E-state index is 12.3. The molecule has 3 rings (SSSR count). The summed E-state index contributed by atoms with van der Waals surface area (Å²) in [5, 5.41) is 3.07. The lowest BCUT2D eigenvalue weighted by molar-refractivity contribution is -0.157. The van der Waals surface area contributed by atoms with E-state index in [1.165, 1.54) is 0 Å². The molecule has 23 heavy (non-hydrogen) atoms. The zero-order valence-electron chi connectivity index (χ0n) is 13.7. The summed E-state index contributed by atoms with van der Waals surface area (Å²) in [6.07, 6.45) is 4.55. The van der Waals surface area contributed by atoms with Crippen molar-refractivity contribution >= 4 is 5.91 Å². The summed E-state index contributed by atoms with van der Waals surface area (Å²) < 4.78 is 16.9. The number of carbonyl (C=O) groups is 1. The van der Waals surface area contributed by atoms with Crippen molar-refractivity contribution in [2.75, 3.05) is 13.2 Å². The number of fused-ring (bicyclic) bond motifs is 1. The van der Waals surface area contributed by atoms with Gasteiger partial charge in [-0.2, -0.15) is 0 Å². The SMILES string of the molecule is CC(C)Oc1ccc(C(=O)NC2CCC3OCCOC3C2)cn1. The smallest absolute Gasteiger partial charge is 0.253 e. The van der Waals surface area contributed by atoms with E-state index in [1.54, 1.807) is 18.3 Å². The van der Waals surface area contributed by atoms with Gasteiger partial charge in [0, 0.05) is 18.3 Å². The highest BCUT2D eigenvalue weighted by Gasteiger charge is 2.34. The van der Waals surface area contributed by atoms with Crippen LogP contribution in [0.5, 0.6) is 5.88 Å². The third kappa shape index (κ3) is 4.20. The number of ether oxygens (including phenoxy) is 3. The number of pyridine rings is 1. The maximum Gasteiger partial charge on any atom is 0.253 e. The lowest BCUT2D eigenvalue weighted by Crippen LogP contribution is -2.49. The van der Waals surface area contributed by atoms with Gasteiger partial charge in [-0.05, 0) is 39.2 Å². The van der Waals surface area contributed by atoms with Crippen LogP contribution < -0.4 is 10.1 Å². The summed E-state index contributed by atoms with van der Waals surface area (Å²) in [6.45, 7) is 5.20. The molecule has 0 aromatic carbocycles. The minimum absolute atomic E-state index is 0.0649. The monoisotopic (exact) mass is 320 g/mol. The minimum atomic E-state index is -0.103. The van der Waals surface area contributed by atoms with E-state index in [0.717, 1.165) is 19.3 Å². The molecule has 3 atom stereocenters. The molecule has 1 saturated heterocycles. The molecule has 6 nitrogen and oxygen atoms in total. The Balaban J connectivity index is 1.54. The van der Waals surface area contributed by atoms with Gasteiger partial charge >= 0.3 is 0 Å². The van der Waals surface area contributed by atoms with Crippen LogP contribution in [0.4, 0.5) is 0 Å². The fourth-order valence-electron chi connectivity index (χ4n) is 3.09. The van der Waals surface area contributed by atoms with Gasteiger partial charge in [0.05, 0.1) is 37.1 Å². The zero-order chi connectivity index (χ0) is 16.2. The lowest BCUT2D eigenvalue weighted by Gasteiger charge is -2.39. The quantitative estimate of drug-likeness (QED) is 0.918. The molecule has 0 bridgehead atoms. The van der Waals surface area contributed by atoms with Gasteiger partial charge in [0.15, 0.2) is 0 Å². The second-order valence-corrected chi connectivity index (χ2v) is 6.35. The van der Waals surface area contributed by atoms with Gasteiger partial charge < -0.3 is 19.5 Å². The Hall–Kier alpha value is -1.66. The Bertz CT molecular complexity index is 532. The van der Waals surface area contributed by atoms with Crippen LogP contribution in [0.3, 0.4) is 0 Å². The average Bonchev–Trinajstić information content (AvgIpc) is 2.55. The van der Waals surface area contributed by atoms with E-state index in [4.69, 9.17) is 14.2 Å². The van der Waals surface area contributed by atoms with Crippen LogP contribution in [0.25, 0.3) is 0 Å². The number of nitrogens with zero attached hydrogens (tertiary/aromatic N) is 1. The number of hydrogen-bond donors (Lipinski definition) is 1. The van der Waals surface area contributed by atoms with Crippen molar-refractivity contribution < 1.29 is 19.0 Å². The van der Waals surface area contributed by atoms with Gasteiger partial charge in [0.1, 0.15) is 0 Å². The molecule has 3 unspecified atom stereocenters. The molecule has 1 N–H and O–H groups in total. The highest BCUT2D eigenvalue weighted by atomic mass is 16.6. The molecule has 6 heteroatoms. The van der Waals surface area contributed by atoms with Gasteiger partial charge in [-0.3, -0.25) is 4.79 Å². The van der Waals surface area contributed by atoms with Crippen LogP contribution in [-0.2, 0) is 9.47 Å². The molecule has 1 aliphatic carbocycles. The van der Waals surface area contributed by atoms with Crippen LogP contribution >= 0.6 is 0 Å². The minimum Gasteiger partial charge on any atom is -0.475 e. The first-order chi connectivity index (χ1) is 11.1. The summed E-state index contributed by atoms with van der Waals surface area (Å²) >= 11 is 0. The van der Waals surface area contributed by atoms with E-state index < -0.39 is 0 Å². The second-order valence-electron chi connectivity index (χ2n) is 6.35. The Morgan fingerprint density at radius 1 is 1.26 bits per heavy atom. The third-order valence-electron chi connectivity index (χ3n) is 4.17. The van der Waals surface area contributed by atoms with E-state index in [1.807, 2.05) is 13.8 Å². The van der Waals surface area contributed by atoms with Gasteiger partial charge in [-0.15, -0.1) is 0 Å². The van der Waals surface area contributed by atoms with Crippen molar-refractivity contribution in [3.05, 3.63) is 23.9 Å². The maximum atomic E-state index is 12.3. The van der Waals surface area contributed by atoms with E-state index in [0.29, 0.717) is 24.7 Å². The number of aromatic nitrogens is 1. The predicted molar refractivity (Wildman–Crippen MR) is 84.6 cm³/mol. The first-order valence-corrected chi connectivity index (χ1v) is 8.28. The summed E-state index contributed by atoms with van der Waals surface area (Å²) in [4.78, 5) is 16.5. The molecule has 1 amide bonds. The molecular weight excluding hydrogens is 296 g/mol. The first kappa shape index (κ1) is 16.2. The molecule has 2 heterocycles. The van der Waals surface area contributed by atoms with Crippen molar-refractivity contribution in [1.29, 1.82) is 0 Å². The molecule has 0 spiro atoms. The number of amides is 1.